The molecule has 5 atom stereocenters. The van der Waals surface area contributed by atoms with Crippen molar-refractivity contribution in [3.63, 3.8) is 0 Å². The maximum absolute atomic E-state index is 2.49. The van der Waals surface area contributed by atoms with Crippen LogP contribution >= 0.6 is 0 Å². The monoisotopic (exact) mass is 328 g/mol. The van der Waals surface area contributed by atoms with Crippen LogP contribution in [0.3, 0.4) is 0 Å². The molecule has 1 aromatic carbocycles. The van der Waals surface area contributed by atoms with Crippen LogP contribution in [-0.4, -0.2) is 8.80 Å². The second kappa shape index (κ2) is 8.51. The van der Waals surface area contributed by atoms with Crippen LogP contribution in [0.15, 0.2) is 30.3 Å². The van der Waals surface area contributed by atoms with Crippen molar-refractivity contribution in [1.82, 2.24) is 0 Å². The van der Waals surface area contributed by atoms with Crippen molar-refractivity contribution in [2.24, 2.45) is 11.8 Å². The molecule has 0 aromatic heterocycles. The molecule has 1 heteroatoms. The van der Waals surface area contributed by atoms with Crippen molar-refractivity contribution in [1.29, 1.82) is 0 Å². The first-order chi connectivity index (χ1) is 11.3. The van der Waals surface area contributed by atoms with Crippen LogP contribution in [0, 0.1) is 11.8 Å². The lowest BCUT2D eigenvalue weighted by atomic mass is 10.0. The highest BCUT2D eigenvalue weighted by Crippen LogP contribution is 2.49. The minimum absolute atomic E-state index is 0.850. The van der Waals surface area contributed by atoms with Gasteiger partial charge < -0.3 is 0 Å². The summed E-state index contributed by atoms with van der Waals surface area (Å²) in [4.78, 5) is 0. The molecule has 2 aliphatic carbocycles. The summed E-state index contributed by atoms with van der Waals surface area (Å²) in [6.45, 7) is 4.76. The van der Waals surface area contributed by atoms with Gasteiger partial charge >= 0.3 is 0 Å². The van der Waals surface area contributed by atoms with Crippen LogP contribution in [0.1, 0.15) is 78.1 Å². The molecule has 0 spiro atoms. The van der Waals surface area contributed by atoms with Crippen LogP contribution in [-0.2, 0) is 0 Å². The number of rotatable bonds is 7. The van der Waals surface area contributed by atoms with Crippen molar-refractivity contribution >= 4 is 14.0 Å². The molecule has 128 valence electrons. The third-order valence-electron chi connectivity index (χ3n) is 6.81. The molecule has 0 heterocycles. The summed E-state index contributed by atoms with van der Waals surface area (Å²) in [5, 5.41) is 1.79. The van der Waals surface area contributed by atoms with Gasteiger partial charge in [-0.2, -0.15) is 0 Å². The molecule has 3 rings (SSSR count). The highest BCUT2D eigenvalue weighted by Gasteiger charge is 2.41. The van der Waals surface area contributed by atoms with Gasteiger partial charge in [-0.05, 0) is 29.3 Å². The predicted molar refractivity (Wildman–Crippen MR) is 105 cm³/mol. The van der Waals surface area contributed by atoms with Gasteiger partial charge in [0.1, 0.15) is 0 Å². The van der Waals surface area contributed by atoms with E-state index in [2.05, 4.69) is 44.2 Å². The summed E-state index contributed by atoms with van der Waals surface area (Å²) in [5.41, 5.74) is 2.19. The first-order valence-electron chi connectivity index (χ1n) is 10.4. The number of benzene rings is 1. The van der Waals surface area contributed by atoms with E-state index in [1.54, 1.807) is 24.4 Å². The van der Waals surface area contributed by atoms with E-state index in [-0.39, 0.29) is 0 Å². The molecule has 2 saturated carbocycles. The molecule has 0 aliphatic heterocycles. The van der Waals surface area contributed by atoms with Crippen LogP contribution < -0.4 is 5.19 Å². The molecule has 0 saturated heterocycles. The molecule has 0 amide bonds. The fourth-order valence-corrected chi connectivity index (χ4v) is 11.1. The maximum Gasteiger partial charge on any atom is 0.0772 e. The lowest BCUT2D eigenvalue weighted by Crippen LogP contribution is -2.40. The first kappa shape index (κ1) is 17.3. The molecule has 0 radical (unpaired) electrons. The summed E-state index contributed by atoms with van der Waals surface area (Å²) < 4.78 is 0. The van der Waals surface area contributed by atoms with Gasteiger partial charge in [-0.15, -0.1) is 0 Å². The molecule has 0 nitrogen and oxygen atoms in total. The van der Waals surface area contributed by atoms with Gasteiger partial charge in [0.05, 0.1) is 8.80 Å². The van der Waals surface area contributed by atoms with E-state index in [1.807, 2.05) is 0 Å². The van der Waals surface area contributed by atoms with E-state index < -0.39 is 8.80 Å². The normalized spacial score (nSPS) is 32.3. The van der Waals surface area contributed by atoms with Crippen molar-refractivity contribution < 1.29 is 0 Å². The molecule has 2 fully saturated rings. The Bertz CT molecular complexity index is 454. The second-order valence-electron chi connectivity index (χ2n) is 8.31. The van der Waals surface area contributed by atoms with E-state index >= 15 is 0 Å². The zero-order valence-electron chi connectivity index (χ0n) is 15.3. The van der Waals surface area contributed by atoms with Gasteiger partial charge in [0.15, 0.2) is 0 Å². The summed E-state index contributed by atoms with van der Waals surface area (Å²) in [6.07, 6.45) is 15.0. The third-order valence-corrected chi connectivity index (χ3v) is 11.4. The molecule has 23 heavy (non-hydrogen) atoms. The maximum atomic E-state index is 2.49. The first-order valence-corrected chi connectivity index (χ1v) is 12.3. The Hall–Kier alpha value is -0.563. The Morgan fingerprint density at radius 3 is 2.43 bits per heavy atom. The minimum Gasteiger partial charge on any atom is -0.0654 e. The molecular formula is C22H36Si. The van der Waals surface area contributed by atoms with E-state index in [4.69, 9.17) is 0 Å². The molecule has 5 unspecified atom stereocenters. The second-order valence-corrected chi connectivity index (χ2v) is 11.8. The highest BCUT2D eigenvalue weighted by molar-refractivity contribution is 6.76. The predicted octanol–water partition coefficient (Wildman–Crippen LogP) is 6.06. The van der Waals surface area contributed by atoms with E-state index in [0.717, 1.165) is 22.9 Å². The average molecular weight is 329 g/mol. The lowest BCUT2D eigenvalue weighted by molar-refractivity contribution is 0.482. The summed E-state index contributed by atoms with van der Waals surface area (Å²) >= 11 is 0. The number of hydrogen-bond donors (Lipinski definition) is 0. The summed E-state index contributed by atoms with van der Waals surface area (Å²) in [7, 11) is -0.850. The Labute approximate surface area is 145 Å². The number of hydrogen-bond acceptors (Lipinski definition) is 0. The fourth-order valence-electron chi connectivity index (χ4n) is 5.92. The zero-order valence-corrected chi connectivity index (χ0v) is 16.5. The van der Waals surface area contributed by atoms with Gasteiger partial charge in [0.25, 0.3) is 0 Å². The lowest BCUT2D eigenvalue weighted by Gasteiger charge is -2.32. The van der Waals surface area contributed by atoms with Gasteiger partial charge in [-0.3, -0.25) is 0 Å². The molecular weight excluding hydrogens is 292 g/mol. The summed E-state index contributed by atoms with van der Waals surface area (Å²) in [6, 6.07) is 11.8. The van der Waals surface area contributed by atoms with Gasteiger partial charge in [0.2, 0.25) is 0 Å². The molecule has 0 bridgehead atoms. The SMILES string of the molecule is CCCC1CCC([SiH](c2ccccc2)C2CCCC2CCC)C1. The van der Waals surface area contributed by atoms with Crippen LogP contribution in [0.2, 0.25) is 11.1 Å². The standard InChI is InChI=1S/C22H36Si/c1-3-9-18-15-16-21(17-18)23(20-12-6-5-7-13-20)22-14-8-11-19(22)10-4-2/h5-7,12-13,18-19,21-23H,3-4,8-11,14-17H2,1-2H3. The van der Waals surface area contributed by atoms with Gasteiger partial charge in [0, 0.05) is 0 Å². The van der Waals surface area contributed by atoms with Crippen molar-refractivity contribution in [3.8, 4) is 0 Å². The Kier molecular flexibility index (Phi) is 6.39. The molecule has 2 aliphatic rings. The molecule has 1 aromatic rings. The van der Waals surface area contributed by atoms with Crippen LogP contribution in [0.5, 0.6) is 0 Å². The van der Waals surface area contributed by atoms with Gasteiger partial charge in [-0.25, -0.2) is 0 Å². The van der Waals surface area contributed by atoms with Gasteiger partial charge in [-0.1, -0.05) is 107 Å². The quantitative estimate of drug-likeness (QED) is 0.533. The topological polar surface area (TPSA) is 0 Å². The largest absolute Gasteiger partial charge is 0.0772 e. The summed E-state index contributed by atoms with van der Waals surface area (Å²) in [5.74, 6) is 2.11. The third kappa shape index (κ3) is 4.10. The fraction of sp³-hybridized carbons (Fsp3) is 0.727. The zero-order chi connectivity index (χ0) is 16.1. The molecule has 0 N–H and O–H groups in total. The average Bonchev–Trinajstić information content (AvgIpc) is 3.21. The Morgan fingerprint density at radius 2 is 1.70 bits per heavy atom. The Morgan fingerprint density at radius 1 is 0.913 bits per heavy atom. The van der Waals surface area contributed by atoms with Crippen molar-refractivity contribution in [2.45, 2.75) is 89.1 Å². The van der Waals surface area contributed by atoms with E-state index in [0.29, 0.717) is 0 Å². The van der Waals surface area contributed by atoms with E-state index in [9.17, 15) is 0 Å². The highest BCUT2D eigenvalue weighted by atomic mass is 28.3. The van der Waals surface area contributed by atoms with E-state index in [1.165, 1.54) is 44.9 Å². The van der Waals surface area contributed by atoms with Crippen LogP contribution in [0.25, 0.3) is 0 Å². The van der Waals surface area contributed by atoms with Crippen molar-refractivity contribution in [3.05, 3.63) is 30.3 Å². The van der Waals surface area contributed by atoms with Crippen molar-refractivity contribution in [2.75, 3.05) is 0 Å². The Balaban J connectivity index is 1.80. The van der Waals surface area contributed by atoms with Crippen LogP contribution in [0.4, 0.5) is 0 Å². The smallest absolute Gasteiger partial charge is 0.0654 e. The minimum atomic E-state index is -0.850.